The quantitative estimate of drug-likeness (QED) is 0.792. The number of aryl methyl sites for hydroxylation is 2. The number of sulfonamides is 1. The molecule has 8 heteroatoms. The van der Waals surface area contributed by atoms with Crippen molar-refractivity contribution in [1.29, 1.82) is 5.26 Å². The standard InChI is InChI=1S/C22H24N4O3S/c23-15-17-4-7-20(8-5-17)24-16-22(27)25-10-12-26(13-11-25)30(28,29)21-9-6-18-2-1-3-19(18)14-21/h4-9,14,24H,1-3,10-13,16H2. The number of hydrogen-bond donors (Lipinski definition) is 1. The fraction of sp³-hybridized carbons (Fsp3) is 0.364. The Kier molecular flexibility index (Phi) is 5.75. The summed E-state index contributed by atoms with van der Waals surface area (Å²) in [5, 5.41) is 11.9. The van der Waals surface area contributed by atoms with Crippen LogP contribution in [0.25, 0.3) is 0 Å². The van der Waals surface area contributed by atoms with Crippen LogP contribution < -0.4 is 5.32 Å². The zero-order chi connectivity index (χ0) is 21.1. The lowest BCUT2D eigenvalue weighted by atomic mass is 10.1. The third-order valence-corrected chi connectivity index (χ3v) is 7.65. The maximum absolute atomic E-state index is 13.0. The van der Waals surface area contributed by atoms with E-state index in [0.717, 1.165) is 30.5 Å². The minimum absolute atomic E-state index is 0.0751. The Bertz CT molecular complexity index is 1080. The van der Waals surface area contributed by atoms with Crippen LogP contribution in [-0.2, 0) is 27.7 Å². The maximum Gasteiger partial charge on any atom is 0.243 e. The second-order valence-electron chi connectivity index (χ2n) is 7.61. The molecule has 30 heavy (non-hydrogen) atoms. The molecule has 0 spiro atoms. The number of nitrogens with zero attached hydrogens (tertiary/aromatic N) is 3. The van der Waals surface area contributed by atoms with E-state index < -0.39 is 10.0 Å². The van der Waals surface area contributed by atoms with Crippen LogP contribution in [0.4, 0.5) is 5.69 Å². The highest BCUT2D eigenvalue weighted by atomic mass is 32.2. The average molecular weight is 425 g/mol. The Morgan fingerprint density at radius 1 is 1.00 bits per heavy atom. The Hall–Kier alpha value is -2.89. The molecular weight excluding hydrogens is 400 g/mol. The van der Waals surface area contributed by atoms with Gasteiger partial charge in [0.25, 0.3) is 0 Å². The summed E-state index contributed by atoms with van der Waals surface area (Å²) in [6, 6.07) is 14.4. The van der Waals surface area contributed by atoms with Crippen molar-refractivity contribution in [3.8, 4) is 6.07 Å². The van der Waals surface area contributed by atoms with Crippen molar-refractivity contribution in [2.24, 2.45) is 0 Å². The van der Waals surface area contributed by atoms with Gasteiger partial charge in [0.05, 0.1) is 23.1 Å². The van der Waals surface area contributed by atoms with E-state index in [1.54, 1.807) is 35.2 Å². The van der Waals surface area contributed by atoms with Gasteiger partial charge in [-0.05, 0) is 66.8 Å². The fourth-order valence-corrected chi connectivity index (χ4v) is 5.46. The highest BCUT2D eigenvalue weighted by Crippen LogP contribution is 2.26. The molecule has 0 radical (unpaired) electrons. The number of anilines is 1. The number of carbonyl (C=O) groups is 1. The Morgan fingerprint density at radius 2 is 1.70 bits per heavy atom. The van der Waals surface area contributed by atoms with Gasteiger partial charge in [0.15, 0.2) is 0 Å². The van der Waals surface area contributed by atoms with Gasteiger partial charge in [-0.1, -0.05) is 6.07 Å². The van der Waals surface area contributed by atoms with Gasteiger partial charge in [0, 0.05) is 31.9 Å². The number of hydrogen-bond acceptors (Lipinski definition) is 5. The van der Waals surface area contributed by atoms with E-state index in [2.05, 4.69) is 11.4 Å². The van der Waals surface area contributed by atoms with Gasteiger partial charge in [-0.2, -0.15) is 9.57 Å². The number of nitriles is 1. The second-order valence-corrected chi connectivity index (χ2v) is 9.55. The fourth-order valence-electron chi connectivity index (χ4n) is 3.99. The summed E-state index contributed by atoms with van der Waals surface area (Å²) >= 11 is 0. The molecule has 7 nitrogen and oxygen atoms in total. The normalized spacial score (nSPS) is 16.7. The smallest absolute Gasteiger partial charge is 0.243 e. The topological polar surface area (TPSA) is 93.5 Å². The molecule has 0 aromatic heterocycles. The average Bonchev–Trinajstić information content (AvgIpc) is 3.26. The largest absolute Gasteiger partial charge is 0.376 e. The molecule has 2 aromatic carbocycles. The number of benzene rings is 2. The van der Waals surface area contributed by atoms with Gasteiger partial charge in [-0.25, -0.2) is 8.42 Å². The number of amides is 1. The van der Waals surface area contributed by atoms with Crippen LogP contribution in [0.15, 0.2) is 47.4 Å². The molecule has 2 aromatic rings. The van der Waals surface area contributed by atoms with Crippen LogP contribution in [0.3, 0.4) is 0 Å². The van der Waals surface area contributed by atoms with E-state index in [0.29, 0.717) is 36.6 Å². The SMILES string of the molecule is N#Cc1ccc(NCC(=O)N2CCN(S(=O)(=O)c3ccc4c(c3)CCC4)CC2)cc1. The molecule has 1 aliphatic carbocycles. The molecule has 1 aliphatic heterocycles. The minimum Gasteiger partial charge on any atom is -0.376 e. The van der Waals surface area contributed by atoms with E-state index in [1.807, 2.05) is 12.1 Å². The summed E-state index contributed by atoms with van der Waals surface area (Å²) in [7, 11) is -3.54. The number of rotatable bonds is 5. The van der Waals surface area contributed by atoms with Gasteiger partial charge in [0.2, 0.25) is 15.9 Å². The molecule has 1 amide bonds. The van der Waals surface area contributed by atoms with Crippen molar-refractivity contribution in [3.63, 3.8) is 0 Å². The van der Waals surface area contributed by atoms with Crippen molar-refractivity contribution >= 4 is 21.6 Å². The van der Waals surface area contributed by atoms with Gasteiger partial charge >= 0.3 is 0 Å². The van der Waals surface area contributed by atoms with Crippen molar-refractivity contribution in [2.75, 3.05) is 38.0 Å². The lowest BCUT2D eigenvalue weighted by molar-refractivity contribution is -0.130. The zero-order valence-electron chi connectivity index (χ0n) is 16.7. The number of piperazine rings is 1. The van der Waals surface area contributed by atoms with Crippen LogP contribution in [0.5, 0.6) is 0 Å². The summed E-state index contributed by atoms with van der Waals surface area (Å²) in [5.74, 6) is -0.0751. The van der Waals surface area contributed by atoms with E-state index >= 15 is 0 Å². The molecule has 0 bridgehead atoms. The Morgan fingerprint density at radius 3 is 2.40 bits per heavy atom. The van der Waals surface area contributed by atoms with Crippen molar-refractivity contribution < 1.29 is 13.2 Å². The summed E-state index contributed by atoms with van der Waals surface area (Å²) < 4.78 is 27.5. The highest BCUT2D eigenvalue weighted by Gasteiger charge is 2.30. The molecule has 0 saturated carbocycles. The van der Waals surface area contributed by atoms with Crippen LogP contribution in [-0.4, -0.2) is 56.3 Å². The van der Waals surface area contributed by atoms with E-state index in [9.17, 15) is 13.2 Å². The van der Waals surface area contributed by atoms with E-state index in [1.165, 1.54) is 9.87 Å². The van der Waals surface area contributed by atoms with Crippen LogP contribution in [0.2, 0.25) is 0 Å². The summed E-state index contributed by atoms with van der Waals surface area (Å²) in [5.41, 5.74) is 3.71. The molecular formula is C22H24N4O3S. The Balaban J connectivity index is 1.32. The molecule has 1 heterocycles. The molecule has 4 rings (SSSR count). The first-order chi connectivity index (χ1) is 14.5. The van der Waals surface area contributed by atoms with Crippen LogP contribution >= 0.6 is 0 Å². The maximum atomic E-state index is 13.0. The predicted molar refractivity (Wildman–Crippen MR) is 113 cm³/mol. The molecule has 2 aliphatic rings. The number of fused-ring (bicyclic) bond motifs is 1. The molecule has 0 atom stereocenters. The van der Waals surface area contributed by atoms with Gasteiger partial charge < -0.3 is 10.2 Å². The molecule has 1 N–H and O–H groups in total. The lowest BCUT2D eigenvalue weighted by Crippen LogP contribution is -2.51. The third-order valence-electron chi connectivity index (χ3n) is 5.76. The van der Waals surface area contributed by atoms with Crippen molar-refractivity contribution in [3.05, 3.63) is 59.2 Å². The molecule has 1 fully saturated rings. The van der Waals surface area contributed by atoms with Crippen LogP contribution in [0, 0.1) is 11.3 Å². The minimum atomic E-state index is -3.54. The third kappa shape index (κ3) is 4.18. The zero-order valence-corrected chi connectivity index (χ0v) is 17.5. The molecule has 1 saturated heterocycles. The van der Waals surface area contributed by atoms with Gasteiger partial charge in [-0.3, -0.25) is 4.79 Å². The molecule has 0 unspecified atom stereocenters. The van der Waals surface area contributed by atoms with Crippen molar-refractivity contribution in [1.82, 2.24) is 9.21 Å². The second kappa shape index (κ2) is 8.46. The Labute approximate surface area is 177 Å². The predicted octanol–water partition coefficient (Wildman–Crippen LogP) is 1.99. The number of nitrogens with one attached hydrogen (secondary N) is 1. The summed E-state index contributed by atoms with van der Waals surface area (Å²) in [6.07, 6.45) is 3.04. The van der Waals surface area contributed by atoms with Crippen molar-refractivity contribution in [2.45, 2.75) is 24.2 Å². The lowest BCUT2D eigenvalue weighted by Gasteiger charge is -2.34. The van der Waals surface area contributed by atoms with E-state index in [4.69, 9.17) is 5.26 Å². The van der Waals surface area contributed by atoms with Gasteiger partial charge in [-0.15, -0.1) is 0 Å². The first-order valence-corrected chi connectivity index (χ1v) is 11.5. The first-order valence-electron chi connectivity index (χ1n) is 10.1. The first kappa shape index (κ1) is 20.4. The van der Waals surface area contributed by atoms with E-state index in [-0.39, 0.29) is 12.5 Å². The summed E-state index contributed by atoms with van der Waals surface area (Å²) in [4.78, 5) is 14.5. The highest BCUT2D eigenvalue weighted by molar-refractivity contribution is 7.89. The molecule has 156 valence electrons. The van der Waals surface area contributed by atoms with Gasteiger partial charge in [0.1, 0.15) is 0 Å². The van der Waals surface area contributed by atoms with Crippen LogP contribution in [0.1, 0.15) is 23.1 Å². The number of carbonyl (C=O) groups excluding carboxylic acids is 1. The summed E-state index contributed by atoms with van der Waals surface area (Å²) in [6.45, 7) is 1.46. The monoisotopic (exact) mass is 424 g/mol.